The quantitative estimate of drug-likeness (QED) is 0.666. The molecule has 3 rings (SSSR count). The Hall–Kier alpha value is -1.14. The van der Waals surface area contributed by atoms with Crippen LogP contribution in [0.4, 0.5) is 5.69 Å². The van der Waals surface area contributed by atoms with Gasteiger partial charge in [0.25, 0.3) is 0 Å². The minimum Gasteiger partial charge on any atom is -0.395 e. The second kappa shape index (κ2) is 6.77. The summed E-state index contributed by atoms with van der Waals surface area (Å²) in [6, 6.07) is 6.14. The summed E-state index contributed by atoms with van der Waals surface area (Å²) >= 11 is 0. The van der Waals surface area contributed by atoms with E-state index in [0.29, 0.717) is 12.1 Å². The maximum atomic E-state index is 9.85. The zero-order valence-electron chi connectivity index (χ0n) is 13.9. The van der Waals surface area contributed by atoms with E-state index in [9.17, 15) is 15.3 Å². The fourth-order valence-electron chi connectivity index (χ4n) is 4.00. The molecule has 0 radical (unpaired) electrons. The molecule has 23 heavy (non-hydrogen) atoms. The number of aliphatic hydroxyl groups is 3. The number of hydrogen-bond donors (Lipinski definition) is 3. The van der Waals surface area contributed by atoms with Crippen LogP contribution in [0.15, 0.2) is 18.2 Å². The van der Waals surface area contributed by atoms with E-state index in [-0.39, 0.29) is 12.1 Å². The number of benzene rings is 1. The first-order chi connectivity index (χ1) is 11.1. The van der Waals surface area contributed by atoms with Gasteiger partial charge in [-0.2, -0.15) is 0 Å². The van der Waals surface area contributed by atoms with E-state index in [2.05, 4.69) is 22.8 Å². The zero-order chi connectivity index (χ0) is 16.4. The minimum atomic E-state index is -1.45. The molecule has 0 atom stereocenters. The molecule has 3 N–H and O–H groups in total. The second-order valence-electron chi connectivity index (χ2n) is 6.68. The molecular formula is C18H28N2O3. The van der Waals surface area contributed by atoms with Crippen molar-refractivity contribution in [1.82, 2.24) is 4.90 Å². The number of aliphatic hydroxyl groups excluding tert-OH is 2. The Morgan fingerprint density at radius 1 is 1.22 bits per heavy atom. The molecule has 1 aromatic carbocycles. The summed E-state index contributed by atoms with van der Waals surface area (Å²) in [6.45, 7) is 5.76. The Morgan fingerprint density at radius 3 is 2.43 bits per heavy atom. The molecule has 1 saturated carbocycles. The predicted molar refractivity (Wildman–Crippen MR) is 90.3 cm³/mol. The Balaban J connectivity index is 1.93. The average Bonchev–Trinajstić information content (AvgIpc) is 3.17. The van der Waals surface area contributed by atoms with E-state index in [0.717, 1.165) is 56.6 Å². The van der Waals surface area contributed by atoms with Crippen LogP contribution in [0, 0.1) is 0 Å². The van der Waals surface area contributed by atoms with Gasteiger partial charge in [0.15, 0.2) is 6.29 Å². The highest BCUT2D eigenvalue weighted by atomic mass is 16.5. The second-order valence-corrected chi connectivity index (χ2v) is 6.68. The van der Waals surface area contributed by atoms with Crippen LogP contribution in [0.3, 0.4) is 0 Å². The van der Waals surface area contributed by atoms with Crippen molar-refractivity contribution < 1.29 is 15.3 Å². The third-order valence-electron chi connectivity index (χ3n) is 5.37. The van der Waals surface area contributed by atoms with Crippen molar-refractivity contribution in [3.63, 3.8) is 0 Å². The monoisotopic (exact) mass is 320 g/mol. The predicted octanol–water partition coefficient (Wildman–Crippen LogP) is 1.57. The van der Waals surface area contributed by atoms with Gasteiger partial charge in [-0.05, 0) is 49.9 Å². The van der Waals surface area contributed by atoms with Crippen molar-refractivity contribution in [2.75, 3.05) is 37.7 Å². The molecule has 0 amide bonds. The van der Waals surface area contributed by atoms with Crippen LogP contribution in [-0.2, 0) is 5.54 Å². The summed E-state index contributed by atoms with van der Waals surface area (Å²) in [7, 11) is 0. The van der Waals surface area contributed by atoms with Crippen LogP contribution in [0.2, 0.25) is 0 Å². The Kier molecular flexibility index (Phi) is 4.92. The van der Waals surface area contributed by atoms with Gasteiger partial charge in [0.05, 0.1) is 6.61 Å². The molecule has 0 unspecified atom stereocenters. The van der Waals surface area contributed by atoms with Gasteiger partial charge in [0.2, 0.25) is 0 Å². The highest BCUT2D eigenvalue weighted by Crippen LogP contribution is 2.51. The lowest BCUT2D eigenvalue weighted by molar-refractivity contribution is -0.0422. The lowest BCUT2D eigenvalue weighted by Crippen LogP contribution is -2.37. The van der Waals surface area contributed by atoms with Crippen molar-refractivity contribution in [3.05, 3.63) is 29.3 Å². The Labute approximate surface area is 138 Å². The van der Waals surface area contributed by atoms with Crippen LogP contribution in [-0.4, -0.2) is 53.0 Å². The van der Waals surface area contributed by atoms with Crippen LogP contribution in [0.5, 0.6) is 0 Å². The summed E-state index contributed by atoms with van der Waals surface area (Å²) in [5.41, 5.74) is 2.65. The molecule has 0 spiro atoms. The maximum Gasteiger partial charge on any atom is 0.180 e. The fraction of sp³-hybridized carbons (Fsp3) is 0.667. The highest BCUT2D eigenvalue weighted by Gasteiger charge is 2.48. The first-order valence-corrected chi connectivity index (χ1v) is 8.74. The number of hydrogen-bond acceptors (Lipinski definition) is 5. The van der Waals surface area contributed by atoms with Gasteiger partial charge in [0, 0.05) is 36.4 Å². The van der Waals surface area contributed by atoms with Crippen molar-refractivity contribution in [1.29, 1.82) is 0 Å². The van der Waals surface area contributed by atoms with Crippen molar-refractivity contribution in [2.45, 2.75) is 44.4 Å². The van der Waals surface area contributed by atoms with Gasteiger partial charge in [0.1, 0.15) is 0 Å². The zero-order valence-corrected chi connectivity index (χ0v) is 13.9. The third-order valence-corrected chi connectivity index (χ3v) is 5.37. The van der Waals surface area contributed by atoms with Gasteiger partial charge in [-0.3, -0.25) is 4.90 Å². The standard InChI is InChI=1S/C18H28N2O3/c1-2-20(11-12-21)18(7-8-18)14-5-6-16(15(13-14)17(22)23)19-9-3-4-10-19/h5-6,13,17,21-23H,2-4,7-12H2,1H3. The first-order valence-electron chi connectivity index (χ1n) is 8.74. The average molecular weight is 320 g/mol. The molecule has 1 aliphatic carbocycles. The SMILES string of the molecule is CCN(CCO)C1(c2ccc(N3CCCC3)c(C(O)O)c2)CC1. The summed E-state index contributed by atoms with van der Waals surface area (Å²) < 4.78 is 0. The molecule has 5 nitrogen and oxygen atoms in total. The van der Waals surface area contributed by atoms with E-state index in [4.69, 9.17) is 0 Å². The first kappa shape index (κ1) is 16.7. The van der Waals surface area contributed by atoms with Gasteiger partial charge in [-0.15, -0.1) is 0 Å². The van der Waals surface area contributed by atoms with Gasteiger partial charge >= 0.3 is 0 Å². The van der Waals surface area contributed by atoms with E-state index in [1.54, 1.807) is 0 Å². The summed E-state index contributed by atoms with van der Waals surface area (Å²) in [4.78, 5) is 4.54. The summed E-state index contributed by atoms with van der Waals surface area (Å²) in [5.74, 6) is 0. The molecule has 128 valence electrons. The minimum absolute atomic E-state index is 0.0370. The highest BCUT2D eigenvalue weighted by molar-refractivity contribution is 5.57. The number of rotatable bonds is 7. The van der Waals surface area contributed by atoms with Gasteiger partial charge < -0.3 is 20.2 Å². The number of anilines is 1. The van der Waals surface area contributed by atoms with Crippen LogP contribution in [0.25, 0.3) is 0 Å². The molecule has 1 saturated heterocycles. The van der Waals surface area contributed by atoms with E-state index < -0.39 is 6.29 Å². The van der Waals surface area contributed by atoms with Crippen LogP contribution < -0.4 is 4.90 Å². The molecule has 0 bridgehead atoms. The molecule has 5 heteroatoms. The largest absolute Gasteiger partial charge is 0.395 e. The molecule has 1 aromatic rings. The normalized spacial score (nSPS) is 19.8. The maximum absolute atomic E-state index is 9.85. The Bertz CT molecular complexity index is 537. The van der Waals surface area contributed by atoms with E-state index >= 15 is 0 Å². The smallest absolute Gasteiger partial charge is 0.180 e. The van der Waals surface area contributed by atoms with Crippen LogP contribution in [0.1, 0.15) is 50.0 Å². The molecule has 1 aliphatic heterocycles. The van der Waals surface area contributed by atoms with Crippen LogP contribution >= 0.6 is 0 Å². The fourth-order valence-corrected chi connectivity index (χ4v) is 4.00. The Morgan fingerprint density at radius 2 is 1.91 bits per heavy atom. The number of likely N-dealkylation sites (N-methyl/N-ethyl adjacent to an activating group) is 1. The number of nitrogens with zero attached hydrogens (tertiary/aromatic N) is 2. The molecular weight excluding hydrogens is 292 g/mol. The van der Waals surface area contributed by atoms with Gasteiger partial charge in [-0.1, -0.05) is 13.0 Å². The van der Waals surface area contributed by atoms with Crippen molar-refractivity contribution in [3.8, 4) is 0 Å². The lowest BCUT2D eigenvalue weighted by Gasteiger charge is -2.32. The van der Waals surface area contributed by atoms with Gasteiger partial charge in [-0.25, -0.2) is 0 Å². The lowest BCUT2D eigenvalue weighted by atomic mass is 9.98. The summed E-state index contributed by atoms with van der Waals surface area (Å²) in [6.07, 6.45) is 2.99. The topological polar surface area (TPSA) is 67.2 Å². The van der Waals surface area contributed by atoms with E-state index in [1.165, 1.54) is 0 Å². The molecule has 1 heterocycles. The summed E-state index contributed by atoms with van der Waals surface area (Å²) in [5, 5.41) is 29.0. The molecule has 2 fully saturated rings. The van der Waals surface area contributed by atoms with Crippen molar-refractivity contribution in [2.24, 2.45) is 0 Å². The van der Waals surface area contributed by atoms with E-state index in [1.807, 2.05) is 12.1 Å². The molecule has 0 aromatic heterocycles. The molecule has 2 aliphatic rings. The van der Waals surface area contributed by atoms with Crippen molar-refractivity contribution >= 4 is 5.69 Å². The third kappa shape index (κ3) is 3.11.